The Hall–Kier alpha value is -2.46. The van der Waals surface area contributed by atoms with Crippen molar-refractivity contribution in [3.8, 4) is 11.3 Å². The molecule has 0 saturated heterocycles. The molecule has 0 bridgehead atoms. The summed E-state index contributed by atoms with van der Waals surface area (Å²) in [5.41, 5.74) is 10.2. The van der Waals surface area contributed by atoms with Crippen LogP contribution < -0.4 is 0 Å². The number of aromatic nitrogens is 1. The van der Waals surface area contributed by atoms with E-state index in [1.54, 1.807) is 11.3 Å². The molecule has 0 saturated carbocycles. The fourth-order valence-electron chi connectivity index (χ4n) is 3.47. The minimum absolute atomic E-state index is 0.876. The van der Waals surface area contributed by atoms with Gasteiger partial charge in [-0.3, -0.25) is 0 Å². The first-order valence-electron chi connectivity index (χ1n) is 9.94. The number of benzene rings is 2. The minimum Gasteiger partial charge on any atom is -0.366 e. The van der Waals surface area contributed by atoms with E-state index >= 15 is 0 Å². The lowest BCUT2D eigenvalue weighted by molar-refractivity contribution is 0.552. The van der Waals surface area contributed by atoms with Gasteiger partial charge in [0.1, 0.15) is 0 Å². The maximum atomic E-state index is 4.92. The van der Waals surface area contributed by atoms with Crippen LogP contribution in [0, 0.1) is 13.8 Å². The predicted octanol–water partition coefficient (Wildman–Crippen LogP) is 5.73. The molecule has 3 nitrogen and oxygen atoms in total. The number of nitrogens with zero attached hydrogens (tertiary/aromatic N) is 3. The summed E-state index contributed by atoms with van der Waals surface area (Å²) in [6, 6.07) is 11.2. The predicted molar refractivity (Wildman–Crippen MR) is 120 cm³/mol. The van der Waals surface area contributed by atoms with E-state index in [4.69, 9.17) is 4.98 Å². The van der Waals surface area contributed by atoms with Crippen LogP contribution in [-0.2, 0) is 19.3 Å². The Labute approximate surface area is 171 Å². The topological polar surface area (TPSA) is 28.5 Å². The Morgan fingerprint density at radius 1 is 1.11 bits per heavy atom. The average Bonchev–Trinajstić information content (AvgIpc) is 3.12. The second-order valence-electron chi connectivity index (χ2n) is 7.67. The van der Waals surface area contributed by atoms with Crippen molar-refractivity contribution >= 4 is 23.4 Å². The fraction of sp³-hybridized carbons (Fsp3) is 0.333. The molecule has 0 radical (unpaired) electrons. The van der Waals surface area contributed by atoms with Gasteiger partial charge in [0.15, 0.2) is 0 Å². The van der Waals surface area contributed by atoms with Crippen LogP contribution in [0.4, 0.5) is 5.69 Å². The summed E-state index contributed by atoms with van der Waals surface area (Å²) in [4.78, 5) is 11.6. The van der Waals surface area contributed by atoms with Crippen LogP contribution in [0.15, 0.2) is 40.7 Å². The highest BCUT2D eigenvalue weighted by Gasteiger charge is 2.15. The smallest absolute Gasteiger partial charge is 0.0976 e. The number of thiazole rings is 1. The van der Waals surface area contributed by atoms with Gasteiger partial charge in [-0.25, -0.2) is 9.98 Å². The second kappa shape index (κ2) is 7.88. The van der Waals surface area contributed by atoms with Crippen molar-refractivity contribution in [3.05, 3.63) is 68.5 Å². The molecule has 4 rings (SSSR count). The molecular weight excluding hydrogens is 362 g/mol. The van der Waals surface area contributed by atoms with Crippen LogP contribution in [0.1, 0.15) is 39.7 Å². The van der Waals surface area contributed by atoms with Gasteiger partial charge in [-0.15, -0.1) is 11.3 Å². The zero-order valence-electron chi connectivity index (χ0n) is 17.1. The van der Waals surface area contributed by atoms with Crippen LogP contribution in [-0.4, -0.2) is 29.8 Å². The first kappa shape index (κ1) is 18.9. The summed E-state index contributed by atoms with van der Waals surface area (Å²) in [7, 11) is 2.04. The van der Waals surface area contributed by atoms with Crippen molar-refractivity contribution < 1.29 is 0 Å². The number of aryl methyl sites for hydroxylation is 4. The fourth-order valence-corrected chi connectivity index (χ4v) is 4.30. The third-order valence-electron chi connectivity index (χ3n) is 5.61. The van der Waals surface area contributed by atoms with Gasteiger partial charge in [-0.2, -0.15) is 0 Å². The van der Waals surface area contributed by atoms with Crippen LogP contribution >= 0.6 is 11.3 Å². The highest BCUT2D eigenvalue weighted by Crippen LogP contribution is 2.31. The highest BCUT2D eigenvalue weighted by atomic mass is 32.1. The standard InChI is InChI=1S/C24H27N3S/c1-5-27(4)15-25-22-11-16(2)21(10-17(22)3)13-24-26-23(14-28-24)20-9-7-18-6-8-19(18)12-20/h7,9-12,14-15H,5-6,8,13H2,1-4H3/b25-15+. The number of hydrogen-bond donors (Lipinski definition) is 0. The molecule has 1 aliphatic rings. The summed E-state index contributed by atoms with van der Waals surface area (Å²) in [5.74, 6) is 0. The largest absolute Gasteiger partial charge is 0.366 e. The molecule has 28 heavy (non-hydrogen) atoms. The van der Waals surface area contributed by atoms with E-state index < -0.39 is 0 Å². The number of rotatable bonds is 6. The Kier molecular flexibility index (Phi) is 5.31. The van der Waals surface area contributed by atoms with Crippen LogP contribution in [0.2, 0.25) is 0 Å². The quantitative estimate of drug-likeness (QED) is 0.398. The molecule has 144 valence electrons. The lowest BCUT2D eigenvalue weighted by atomic mass is 9.87. The zero-order chi connectivity index (χ0) is 19.7. The van der Waals surface area contributed by atoms with Gasteiger partial charge < -0.3 is 4.90 Å². The normalized spacial score (nSPS) is 12.9. The van der Waals surface area contributed by atoms with Crippen LogP contribution in [0.5, 0.6) is 0 Å². The molecule has 0 fully saturated rings. The number of hydrogen-bond acceptors (Lipinski definition) is 3. The lowest BCUT2D eigenvalue weighted by Gasteiger charge is -2.18. The number of aliphatic imine (C=N–C) groups is 1. The first-order valence-corrected chi connectivity index (χ1v) is 10.8. The summed E-state index contributed by atoms with van der Waals surface area (Å²) in [6.07, 6.45) is 5.22. The molecule has 3 aromatic rings. The third-order valence-corrected chi connectivity index (χ3v) is 6.46. The van der Waals surface area contributed by atoms with E-state index in [-0.39, 0.29) is 0 Å². The van der Waals surface area contributed by atoms with Crippen molar-refractivity contribution in [3.63, 3.8) is 0 Å². The van der Waals surface area contributed by atoms with Gasteiger partial charge in [-0.05, 0) is 73.6 Å². The molecule has 0 atom stereocenters. The summed E-state index contributed by atoms with van der Waals surface area (Å²) in [6.45, 7) is 7.38. The van der Waals surface area contributed by atoms with E-state index in [0.717, 1.165) is 24.3 Å². The SMILES string of the molecule is CCN(C)/C=N/c1cc(C)c(Cc2nc(-c3ccc4c(c3)CC4)cs2)cc1C. The van der Waals surface area contributed by atoms with Gasteiger partial charge in [0.25, 0.3) is 0 Å². The van der Waals surface area contributed by atoms with Gasteiger partial charge in [0, 0.05) is 31.0 Å². The number of fused-ring (bicyclic) bond motifs is 1. The molecule has 1 heterocycles. The second-order valence-corrected chi connectivity index (χ2v) is 8.61. The van der Waals surface area contributed by atoms with Crippen molar-refractivity contribution in [2.24, 2.45) is 4.99 Å². The highest BCUT2D eigenvalue weighted by molar-refractivity contribution is 7.10. The van der Waals surface area contributed by atoms with E-state index in [2.05, 4.69) is 66.4 Å². The molecular formula is C24H27N3S. The molecule has 2 aromatic carbocycles. The monoisotopic (exact) mass is 389 g/mol. The Morgan fingerprint density at radius 3 is 2.64 bits per heavy atom. The Bertz CT molecular complexity index is 1030. The Morgan fingerprint density at radius 2 is 1.93 bits per heavy atom. The van der Waals surface area contributed by atoms with Gasteiger partial charge in [-0.1, -0.05) is 18.2 Å². The molecule has 1 aromatic heterocycles. The molecule has 0 spiro atoms. The summed E-state index contributed by atoms with van der Waals surface area (Å²) in [5, 5.41) is 3.36. The molecule has 0 N–H and O–H groups in total. The molecule has 0 unspecified atom stereocenters. The lowest BCUT2D eigenvalue weighted by Crippen LogP contribution is -2.14. The zero-order valence-corrected chi connectivity index (χ0v) is 17.9. The molecule has 1 aliphatic carbocycles. The van der Waals surface area contributed by atoms with Crippen LogP contribution in [0.3, 0.4) is 0 Å². The van der Waals surface area contributed by atoms with Crippen LogP contribution in [0.25, 0.3) is 11.3 Å². The Balaban J connectivity index is 1.53. The first-order chi connectivity index (χ1) is 13.5. The summed E-state index contributed by atoms with van der Waals surface area (Å²) < 4.78 is 0. The van der Waals surface area contributed by atoms with Crippen molar-refractivity contribution in [1.82, 2.24) is 9.88 Å². The minimum atomic E-state index is 0.876. The van der Waals surface area contributed by atoms with Gasteiger partial charge in [0.2, 0.25) is 0 Å². The van der Waals surface area contributed by atoms with E-state index in [0.29, 0.717) is 0 Å². The molecule has 0 aliphatic heterocycles. The average molecular weight is 390 g/mol. The maximum absolute atomic E-state index is 4.92. The van der Waals surface area contributed by atoms with E-state index in [1.807, 2.05) is 13.4 Å². The molecule has 0 amide bonds. The van der Waals surface area contributed by atoms with Gasteiger partial charge >= 0.3 is 0 Å². The third kappa shape index (κ3) is 3.88. The maximum Gasteiger partial charge on any atom is 0.0976 e. The van der Waals surface area contributed by atoms with Crippen molar-refractivity contribution in [2.45, 2.75) is 40.0 Å². The van der Waals surface area contributed by atoms with Gasteiger partial charge in [0.05, 0.1) is 22.7 Å². The van der Waals surface area contributed by atoms with Crippen molar-refractivity contribution in [1.29, 1.82) is 0 Å². The summed E-state index contributed by atoms with van der Waals surface area (Å²) >= 11 is 1.76. The van der Waals surface area contributed by atoms with E-state index in [1.165, 1.54) is 51.2 Å². The molecule has 4 heteroatoms. The van der Waals surface area contributed by atoms with E-state index in [9.17, 15) is 0 Å². The van der Waals surface area contributed by atoms with Crippen molar-refractivity contribution in [2.75, 3.05) is 13.6 Å².